The second-order valence-electron chi connectivity index (χ2n) is 5.29. The van der Waals surface area contributed by atoms with E-state index >= 15 is 0 Å². The minimum Gasteiger partial charge on any atom is -0.484 e. The molecule has 0 saturated heterocycles. The molecule has 2 aromatic carbocycles. The molecule has 27 heavy (non-hydrogen) atoms. The van der Waals surface area contributed by atoms with Gasteiger partial charge in [0, 0.05) is 17.4 Å². The summed E-state index contributed by atoms with van der Waals surface area (Å²) in [5.74, 6) is -0.217. The number of halogens is 3. The van der Waals surface area contributed by atoms with Crippen LogP contribution in [0.1, 0.15) is 12.5 Å². The predicted molar refractivity (Wildman–Crippen MR) is 92.7 cm³/mol. The van der Waals surface area contributed by atoms with E-state index in [1.807, 2.05) is 0 Å². The number of nitrogens with one attached hydrogen (secondary N) is 2. The third-order valence-corrected chi connectivity index (χ3v) is 3.22. The molecule has 0 heterocycles. The Labute approximate surface area is 153 Å². The van der Waals surface area contributed by atoms with Gasteiger partial charge in [0.15, 0.2) is 6.61 Å². The van der Waals surface area contributed by atoms with Crippen molar-refractivity contribution < 1.29 is 32.2 Å². The average molecular weight is 382 g/mol. The van der Waals surface area contributed by atoms with Crippen molar-refractivity contribution in [3.8, 4) is 5.75 Å². The first kappa shape index (κ1) is 20.1. The molecule has 0 radical (unpaired) electrons. The molecular formula is C18H17F3N2O4. The van der Waals surface area contributed by atoms with E-state index in [-0.39, 0.29) is 18.9 Å². The second-order valence-corrected chi connectivity index (χ2v) is 5.29. The van der Waals surface area contributed by atoms with Crippen molar-refractivity contribution >= 4 is 23.4 Å². The summed E-state index contributed by atoms with van der Waals surface area (Å²) in [5, 5.41) is 4.93. The van der Waals surface area contributed by atoms with E-state index in [0.29, 0.717) is 11.4 Å². The Bertz CT molecular complexity index is 792. The zero-order chi connectivity index (χ0) is 19.9. The molecule has 2 N–H and O–H groups in total. The summed E-state index contributed by atoms with van der Waals surface area (Å²) < 4.78 is 47.6. The Hall–Kier alpha value is -3.23. The van der Waals surface area contributed by atoms with Crippen LogP contribution in [-0.2, 0) is 15.7 Å². The smallest absolute Gasteiger partial charge is 0.416 e. The Morgan fingerprint density at radius 2 is 1.70 bits per heavy atom. The largest absolute Gasteiger partial charge is 0.484 e. The predicted octanol–water partition coefficient (Wildman–Crippen LogP) is 4.29. The molecule has 2 amide bonds. The standard InChI is InChI=1S/C18H17F3N2O4/c1-2-26-17(25)23-14-4-3-5-15(10-14)27-11-16(24)22-13-8-6-12(7-9-13)18(19,20)21/h3-10H,2,11H2,1H3,(H,22,24)(H,23,25). The van der Waals surface area contributed by atoms with E-state index < -0.39 is 23.7 Å². The van der Waals surface area contributed by atoms with Crippen molar-refractivity contribution in [3.63, 3.8) is 0 Å². The molecule has 0 unspecified atom stereocenters. The van der Waals surface area contributed by atoms with Gasteiger partial charge in [-0.25, -0.2) is 4.79 Å². The third kappa shape index (κ3) is 6.53. The van der Waals surface area contributed by atoms with Crippen molar-refractivity contribution in [1.29, 1.82) is 0 Å². The zero-order valence-electron chi connectivity index (χ0n) is 14.3. The highest BCUT2D eigenvalue weighted by atomic mass is 19.4. The van der Waals surface area contributed by atoms with E-state index in [9.17, 15) is 22.8 Å². The van der Waals surface area contributed by atoms with Gasteiger partial charge in [-0.2, -0.15) is 13.2 Å². The van der Waals surface area contributed by atoms with E-state index in [1.165, 1.54) is 6.07 Å². The van der Waals surface area contributed by atoms with Crippen LogP contribution < -0.4 is 15.4 Å². The molecule has 0 aliphatic carbocycles. The molecule has 0 aliphatic rings. The fourth-order valence-corrected chi connectivity index (χ4v) is 2.04. The molecule has 0 bridgehead atoms. The highest BCUT2D eigenvalue weighted by molar-refractivity contribution is 5.92. The van der Waals surface area contributed by atoms with Crippen LogP contribution >= 0.6 is 0 Å². The Balaban J connectivity index is 1.87. The SMILES string of the molecule is CCOC(=O)Nc1cccc(OCC(=O)Nc2ccc(C(F)(F)F)cc2)c1. The van der Waals surface area contributed by atoms with Crippen molar-refractivity contribution in [2.45, 2.75) is 13.1 Å². The van der Waals surface area contributed by atoms with Crippen molar-refractivity contribution in [1.82, 2.24) is 0 Å². The molecule has 144 valence electrons. The Kier molecular flexibility index (Phi) is 6.64. The molecule has 0 aliphatic heterocycles. The highest BCUT2D eigenvalue weighted by Crippen LogP contribution is 2.29. The van der Waals surface area contributed by atoms with Crippen molar-refractivity contribution in [2.75, 3.05) is 23.8 Å². The summed E-state index contributed by atoms with van der Waals surface area (Å²) in [5.41, 5.74) is -0.161. The van der Waals surface area contributed by atoms with Gasteiger partial charge in [0.2, 0.25) is 0 Å². The molecule has 0 spiro atoms. The van der Waals surface area contributed by atoms with Gasteiger partial charge in [0.1, 0.15) is 5.75 Å². The molecule has 0 fully saturated rings. The van der Waals surface area contributed by atoms with Crippen LogP contribution in [0.25, 0.3) is 0 Å². The monoisotopic (exact) mass is 382 g/mol. The molecule has 6 nitrogen and oxygen atoms in total. The van der Waals surface area contributed by atoms with E-state index in [4.69, 9.17) is 9.47 Å². The highest BCUT2D eigenvalue weighted by Gasteiger charge is 2.29. The Morgan fingerprint density at radius 3 is 2.33 bits per heavy atom. The maximum atomic E-state index is 12.5. The van der Waals surface area contributed by atoms with Gasteiger partial charge in [-0.15, -0.1) is 0 Å². The Morgan fingerprint density at radius 1 is 1.00 bits per heavy atom. The third-order valence-electron chi connectivity index (χ3n) is 3.22. The quantitative estimate of drug-likeness (QED) is 0.781. The first-order valence-electron chi connectivity index (χ1n) is 7.91. The van der Waals surface area contributed by atoms with E-state index in [0.717, 1.165) is 24.3 Å². The topological polar surface area (TPSA) is 76.7 Å². The van der Waals surface area contributed by atoms with Crippen LogP contribution in [0.15, 0.2) is 48.5 Å². The summed E-state index contributed by atoms with van der Waals surface area (Å²) in [6.45, 7) is 1.55. The van der Waals surface area contributed by atoms with E-state index in [2.05, 4.69) is 10.6 Å². The lowest BCUT2D eigenvalue weighted by Crippen LogP contribution is -2.20. The number of rotatable bonds is 6. The fraction of sp³-hybridized carbons (Fsp3) is 0.222. The number of hydrogen-bond donors (Lipinski definition) is 2. The van der Waals surface area contributed by atoms with Gasteiger partial charge in [0.25, 0.3) is 5.91 Å². The minimum absolute atomic E-state index is 0.217. The number of alkyl halides is 3. The molecule has 0 saturated carbocycles. The van der Waals surface area contributed by atoms with Gasteiger partial charge in [-0.3, -0.25) is 10.1 Å². The number of amides is 2. The van der Waals surface area contributed by atoms with Crippen LogP contribution in [0.2, 0.25) is 0 Å². The zero-order valence-corrected chi connectivity index (χ0v) is 14.3. The maximum Gasteiger partial charge on any atom is 0.416 e. The summed E-state index contributed by atoms with van der Waals surface area (Å²) in [6, 6.07) is 10.4. The number of carbonyl (C=O) groups is 2. The maximum absolute atomic E-state index is 12.5. The lowest BCUT2D eigenvalue weighted by atomic mass is 10.2. The number of hydrogen-bond acceptors (Lipinski definition) is 4. The first-order valence-corrected chi connectivity index (χ1v) is 7.91. The molecule has 9 heteroatoms. The fourth-order valence-electron chi connectivity index (χ4n) is 2.04. The van der Waals surface area contributed by atoms with E-state index in [1.54, 1.807) is 25.1 Å². The summed E-state index contributed by atoms with van der Waals surface area (Å²) in [6.07, 6.45) is -5.05. The van der Waals surface area contributed by atoms with Crippen LogP contribution in [0, 0.1) is 0 Å². The number of ether oxygens (including phenoxy) is 2. The summed E-state index contributed by atoms with van der Waals surface area (Å²) in [4.78, 5) is 23.2. The number of carbonyl (C=O) groups excluding carboxylic acids is 2. The summed E-state index contributed by atoms with van der Waals surface area (Å²) >= 11 is 0. The van der Waals surface area contributed by atoms with Crippen LogP contribution in [0.4, 0.5) is 29.3 Å². The van der Waals surface area contributed by atoms with Gasteiger partial charge < -0.3 is 14.8 Å². The van der Waals surface area contributed by atoms with Crippen LogP contribution in [-0.4, -0.2) is 25.2 Å². The average Bonchev–Trinajstić information content (AvgIpc) is 2.60. The first-order chi connectivity index (χ1) is 12.8. The molecule has 0 atom stereocenters. The van der Waals surface area contributed by atoms with Gasteiger partial charge in [-0.05, 0) is 43.3 Å². The van der Waals surface area contributed by atoms with Crippen molar-refractivity contribution in [3.05, 3.63) is 54.1 Å². The molecule has 2 rings (SSSR count). The second kappa shape index (κ2) is 8.93. The lowest BCUT2D eigenvalue weighted by Gasteiger charge is -2.10. The lowest BCUT2D eigenvalue weighted by molar-refractivity contribution is -0.137. The van der Waals surface area contributed by atoms with Crippen LogP contribution in [0.5, 0.6) is 5.75 Å². The summed E-state index contributed by atoms with van der Waals surface area (Å²) in [7, 11) is 0. The van der Waals surface area contributed by atoms with Crippen LogP contribution in [0.3, 0.4) is 0 Å². The van der Waals surface area contributed by atoms with Gasteiger partial charge >= 0.3 is 12.3 Å². The number of anilines is 2. The van der Waals surface area contributed by atoms with Gasteiger partial charge in [-0.1, -0.05) is 6.07 Å². The normalized spacial score (nSPS) is 10.8. The molecular weight excluding hydrogens is 365 g/mol. The van der Waals surface area contributed by atoms with Gasteiger partial charge in [0.05, 0.1) is 12.2 Å². The molecule has 2 aromatic rings. The number of benzene rings is 2. The minimum atomic E-state index is -4.44. The van der Waals surface area contributed by atoms with Crippen molar-refractivity contribution in [2.24, 2.45) is 0 Å². The molecule has 0 aromatic heterocycles.